The number of ether oxygens (including phenoxy) is 1. The molecule has 0 unspecified atom stereocenters. The minimum Gasteiger partial charge on any atom is -0.497 e. The number of hydrogen-bond donors (Lipinski definition) is 2. The number of aliphatic carboxylic acids is 1. The average Bonchev–Trinajstić information content (AvgIpc) is 2.54. The van der Waals surface area contributed by atoms with Crippen molar-refractivity contribution in [1.29, 1.82) is 0 Å². The molecule has 0 saturated heterocycles. The highest BCUT2D eigenvalue weighted by Crippen LogP contribution is 2.23. The van der Waals surface area contributed by atoms with E-state index in [4.69, 9.17) is 9.84 Å². The van der Waals surface area contributed by atoms with Crippen molar-refractivity contribution in [2.45, 2.75) is 17.9 Å². The lowest BCUT2D eigenvalue weighted by Crippen LogP contribution is -2.38. The van der Waals surface area contributed by atoms with E-state index < -0.39 is 22.0 Å². The number of sulfonamides is 1. The van der Waals surface area contributed by atoms with Crippen LogP contribution in [0, 0.1) is 0 Å². The van der Waals surface area contributed by atoms with Gasteiger partial charge in [0, 0.05) is 0 Å². The summed E-state index contributed by atoms with van der Waals surface area (Å²) in [5, 5.41) is 8.79. The second-order valence-corrected chi connectivity index (χ2v) is 6.65. The highest BCUT2D eigenvalue weighted by molar-refractivity contribution is 7.89. The molecule has 2 aromatic carbocycles. The number of rotatable bonds is 6. The van der Waals surface area contributed by atoms with Crippen molar-refractivity contribution in [2.75, 3.05) is 7.11 Å². The van der Waals surface area contributed by atoms with Gasteiger partial charge >= 0.3 is 5.97 Å². The SMILES string of the molecule is COc1ccc(-c2ccc(S(=O)(=O)N[C@@H](C)C(=O)O)cc2)cc1. The zero-order valence-electron chi connectivity index (χ0n) is 12.7. The van der Waals surface area contributed by atoms with Crippen molar-refractivity contribution in [1.82, 2.24) is 4.72 Å². The lowest BCUT2D eigenvalue weighted by Gasteiger charge is -2.11. The average molecular weight is 335 g/mol. The lowest BCUT2D eigenvalue weighted by atomic mass is 10.1. The quantitative estimate of drug-likeness (QED) is 0.843. The highest BCUT2D eigenvalue weighted by atomic mass is 32.2. The fourth-order valence-electron chi connectivity index (χ4n) is 1.96. The molecule has 1 atom stereocenters. The first-order valence-corrected chi connectivity index (χ1v) is 8.31. The third-order valence-electron chi connectivity index (χ3n) is 3.29. The van der Waals surface area contributed by atoms with E-state index in [1.54, 1.807) is 19.2 Å². The Morgan fingerprint density at radius 1 is 1.04 bits per heavy atom. The van der Waals surface area contributed by atoms with Gasteiger partial charge in [-0.15, -0.1) is 0 Å². The Morgan fingerprint density at radius 3 is 1.96 bits per heavy atom. The monoisotopic (exact) mass is 335 g/mol. The van der Waals surface area contributed by atoms with E-state index in [1.807, 2.05) is 24.3 Å². The zero-order chi connectivity index (χ0) is 17.0. The third kappa shape index (κ3) is 4.08. The van der Waals surface area contributed by atoms with Crippen LogP contribution in [0.1, 0.15) is 6.92 Å². The molecule has 7 heteroatoms. The summed E-state index contributed by atoms with van der Waals surface area (Å²) in [5.41, 5.74) is 1.76. The van der Waals surface area contributed by atoms with Gasteiger partial charge in [-0.3, -0.25) is 4.79 Å². The number of benzene rings is 2. The van der Waals surface area contributed by atoms with Crippen molar-refractivity contribution < 1.29 is 23.1 Å². The van der Waals surface area contributed by atoms with Crippen molar-refractivity contribution in [3.63, 3.8) is 0 Å². The Bertz CT molecular complexity index is 782. The highest BCUT2D eigenvalue weighted by Gasteiger charge is 2.21. The first-order chi connectivity index (χ1) is 10.8. The number of carbonyl (C=O) groups is 1. The molecule has 2 rings (SSSR count). The largest absolute Gasteiger partial charge is 0.497 e. The molecule has 0 aliphatic heterocycles. The maximum atomic E-state index is 12.1. The van der Waals surface area contributed by atoms with E-state index in [1.165, 1.54) is 19.1 Å². The number of carboxylic acid groups (broad SMARTS) is 1. The van der Waals surface area contributed by atoms with Gasteiger partial charge in [0.15, 0.2) is 0 Å². The number of methoxy groups -OCH3 is 1. The molecular weight excluding hydrogens is 318 g/mol. The normalized spacial score (nSPS) is 12.6. The van der Waals surface area contributed by atoms with E-state index in [2.05, 4.69) is 4.72 Å². The van der Waals surface area contributed by atoms with E-state index in [9.17, 15) is 13.2 Å². The lowest BCUT2D eigenvalue weighted by molar-refractivity contribution is -0.138. The van der Waals surface area contributed by atoms with Crippen LogP contribution >= 0.6 is 0 Å². The summed E-state index contributed by atoms with van der Waals surface area (Å²) in [4.78, 5) is 10.8. The van der Waals surface area contributed by atoms with Gasteiger partial charge in [0.1, 0.15) is 11.8 Å². The van der Waals surface area contributed by atoms with Gasteiger partial charge in [-0.2, -0.15) is 4.72 Å². The minimum absolute atomic E-state index is 0.0165. The van der Waals surface area contributed by atoms with Crippen LogP contribution in [0.15, 0.2) is 53.4 Å². The predicted octanol–water partition coefficient (Wildman–Crippen LogP) is 2.11. The van der Waals surface area contributed by atoms with Crippen LogP contribution in [0.4, 0.5) is 0 Å². The molecule has 122 valence electrons. The molecule has 0 spiro atoms. The summed E-state index contributed by atoms with van der Waals surface area (Å²) < 4.78 is 31.4. The van der Waals surface area contributed by atoms with Crippen molar-refractivity contribution in [3.05, 3.63) is 48.5 Å². The summed E-state index contributed by atoms with van der Waals surface area (Å²) >= 11 is 0. The number of hydrogen-bond acceptors (Lipinski definition) is 4. The zero-order valence-corrected chi connectivity index (χ0v) is 13.5. The van der Waals surface area contributed by atoms with E-state index in [-0.39, 0.29) is 4.90 Å². The second kappa shape index (κ2) is 6.80. The van der Waals surface area contributed by atoms with E-state index in [0.717, 1.165) is 16.9 Å². The van der Waals surface area contributed by atoms with Gasteiger partial charge in [0.25, 0.3) is 0 Å². The molecule has 0 radical (unpaired) electrons. The van der Waals surface area contributed by atoms with Crippen molar-refractivity contribution >= 4 is 16.0 Å². The molecule has 0 heterocycles. The Morgan fingerprint density at radius 2 is 1.52 bits per heavy atom. The molecule has 0 aliphatic rings. The Balaban J connectivity index is 2.22. The third-order valence-corrected chi connectivity index (χ3v) is 4.85. The van der Waals surface area contributed by atoms with Crippen LogP contribution in [0.2, 0.25) is 0 Å². The van der Waals surface area contributed by atoms with Gasteiger partial charge in [-0.1, -0.05) is 24.3 Å². The molecule has 6 nitrogen and oxygen atoms in total. The van der Waals surface area contributed by atoms with Crippen molar-refractivity contribution in [2.24, 2.45) is 0 Å². The molecule has 23 heavy (non-hydrogen) atoms. The van der Waals surface area contributed by atoms with Crippen LogP contribution in [0.3, 0.4) is 0 Å². The summed E-state index contributed by atoms with van der Waals surface area (Å²) in [5.74, 6) is -0.497. The molecule has 0 saturated carbocycles. The smallest absolute Gasteiger partial charge is 0.321 e. The topological polar surface area (TPSA) is 92.7 Å². The first-order valence-electron chi connectivity index (χ1n) is 6.83. The first kappa shape index (κ1) is 17.0. The van der Waals surface area contributed by atoms with Crippen LogP contribution in [-0.4, -0.2) is 32.6 Å². The van der Waals surface area contributed by atoms with Gasteiger partial charge in [-0.05, 0) is 42.3 Å². The van der Waals surface area contributed by atoms with E-state index >= 15 is 0 Å². The molecular formula is C16H17NO5S. The van der Waals surface area contributed by atoms with Gasteiger partial charge in [0.2, 0.25) is 10.0 Å². The minimum atomic E-state index is -3.86. The molecule has 2 aromatic rings. The van der Waals surface area contributed by atoms with Crippen LogP contribution in [0.25, 0.3) is 11.1 Å². The predicted molar refractivity (Wildman–Crippen MR) is 85.8 cm³/mol. The van der Waals surface area contributed by atoms with Gasteiger partial charge in [-0.25, -0.2) is 8.42 Å². The van der Waals surface area contributed by atoms with Gasteiger partial charge in [0.05, 0.1) is 12.0 Å². The fourth-order valence-corrected chi connectivity index (χ4v) is 3.16. The maximum absolute atomic E-state index is 12.1. The number of nitrogens with one attached hydrogen (secondary N) is 1. The Kier molecular flexibility index (Phi) is 5.02. The second-order valence-electron chi connectivity index (χ2n) is 4.93. The van der Waals surface area contributed by atoms with Crippen LogP contribution in [-0.2, 0) is 14.8 Å². The van der Waals surface area contributed by atoms with Gasteiger partial charge < -0.3 is 9.84 Å². The summed E-state index contributed by atoms with van der Waals surface area (Å²) in [6.45, 7) is 1.27. The Labute approximate surface area is 134 Å². The fraction of sp³-hybridized carbons (Fsp3) is 0.188. The Hall–Kier alpha value is -2.38. The number of carboxylic acids is 1. The van der Waals surface area contributed by atoms with Crippen LogP contribution in [0.5, 0.6) is 5.75 Å². The van der Waals surface area contributed by atoms with E-state index in [0.29, 0.717) is 0 Å². The summed E-state index contributed by atoms with van der Waals surface area (Å²) in [6.07, 6.45) is 0. The summed E-state index contributed by atoms with van der Waals surface area (Å²) in [7, 11) is -2.28. The van der Waals surface area contributed by atoms with Crippen LogP contribution < -0.4 is 9.46 Å². The standard InChI is InChI=1S/C16H17NO5S/c1-11(16(18)19)17-23(20,21)15-9-5-13(6-10-15)12-3-7-14(22-2)8-4-12/h3-11,17H,1-2H3,(H,18,19)/t11-/m0/s1. The molecule has 0 amide bonds. The molecule has 0 aliphatic carbocycles. The molecule has 0 aromatic heterocycles. The maximum Gasteiger partial charge on any atom is 0.321 e. The molecule has 0 bridgehead atoms. The molecule has 0 fully saturated rings. The van der Waals surface area contributed by atoms with Crippen molar-refractivity contribution in [3.8, 4) is 16.9 Å². The summed E-state index contributed by atoms with van der Waals surface area (Å²) in [6, 6.07) is 12.4. The molecule has 2 N–H and O–H groups in total.